The highest BCUT2D eigenvalue weighted by molar-refractivity contribution is 8.24. The van der Waals surface area contributed by atoms with Gasteiger partial charge in [0.2, 0.25) is 17.6 Å². The van der Waals surface area contributed by atoms with Crippen molar-refractivity contribution in [2.24, 2.45) is 0 Å². The number of amides is 1. The molecule has 0 unspecified atom stereocenters. The first-order valence-corrected chi connectivity index (χ1v) is 24.8. The Morgan fingerprint density at radius 1 is 0.825 bits per heavy atom. The molecule has 2 N–H and O–H groups in total. The predicted molar refractivity (Wildman–Crippen MR) is 232 cm³/mol. The second kappa shape index (κ2) is 23.7. The first-order valence-electron chi connectivity index (χ1n) is 18.8. The van der Waals surface area contributed by atoms with E-state index in [0.717, 1.165) is 50.6 Å². The molecule has 18 heteroatoms. The highest BCUT2D eigenvalue weighted by Gasteiger charge is 2.25. The number of benzene rings is 2. The monoisotopic (exact) mass is 878 g/mol. The van der Waals surface area contributed by atoms with Crippen LogP contribution in [0.25, 0.3) is 5.78 Å². The van der Waals surface area contributed by atoms with Crippen LogP contribution in [0.1, 0.15) is 69.4 Å². The molecule has 0 bridgehead atoms. The van der Waals surface area contributed by atoms with E-state index in [4.69, 9.17) is 9.05 Å². The molecule has 0 saturated carbocycles. The number of piperidine rings is 2. The molecule has 0 spiro atoms. The number of hydrogen-bond donors (Lipinski definition) is 2. The number of allylic oxidation sites excluding steroid dienone is 1. The van der Waals surface area contributed by atoms with Gasteiger partial charge in [-0.1, -0.05) is 66.7 Å². The number of halogens is 3. The maximum atomic E-state index is 11.9. The molecule has 2 aromatic carbocycles. The number of carbonyl (C=O) groups is 1. The Hall–Kier alpha value is -3.67. The fraction of sp³-hybridized carbons (Fsp3) is 0.385. The summed E-state index contributed by atoms with van der Waals surface area (Å²) >= 11 is 13.8. The minimum Gasteiger partial charge on any atom is -0.356 e. The minimum atomic E-state index is -3.25. The molecule has 57 heavy (non-hydrogen) atoms. The number of nitrogens with one attached hydrogen (secondary N) is 2. The van der Waals surface area contributed by atoms with Crippen LogP contribution in [-0.2, 0) is 23.0 Å². The second-order valence-electron chi connectivity index (χ2n) is 12.9. The number of hydrogen-bond acceptors (Lipinski definition) is 9. The maximum Gasteiger partial charge on any atom is 0.435 e. The summed E-state index contributed by atoms with van der Waals surface area (Å²) in [5.74, 6) is 3.63. The van der Waals surface area contributed by atoms with E-state index in [1.165, 1.54) is 24.0 Å². The number of carbonyl (C=O) groups excluding carboxylic acids is 1. The number of aromatic amines is 1. The number of nitrogens with zero attached hydrogens (tertiary/aromatic N) is 6. The number of H-pyrrole nitrogens is 1. The van der Waals surface area contributed by atoms with Crippen LogP contribution in [0.3, 0.4) is 0 Å². The van der Waals surface area contributed by atoms with Crippen molar-refractivity contribution in [3.63, 3.8) is 0 Å². The van der Waals surface area contributed by atoms with E-state index < -0.39 is 12.9 Å². The van der Waals surface area contributed by atoms with Crippen molar-refractivity contribution in [2.45, 2.75) is 58.3 Å². The van der Waals surface area contributed by atoms with Crippen molar-refractivity contribution < 1.29 is 23.0 Å². The third kappa shape index (κ3) is 16.2. The fourth-order valence-electron chi connectivity index (χ4n) is 6.44. The molecule has 308 valence electrons. The van der Waals surface area contributed by atoms with Gasteiger partial charge in [0, 0.05) is 57.2 Å². The molecule has 5 aromatic rings. The van der Waals surface area contributed by atoms with Gasteiger partial charge in [0.25, 0.3) is 0 Å². The van der Waals surface area contributed by atoms with Crippen molar-refractivity contribution >= 4 is 70.1 Å². The van der Waals surface area contributed by atoms with E-state index in [2.05, 4.69) is 124 Å². The van der Waals surface area contributed by atoms with Gasteiger partial charge in [0.1, 0.15) is 5.82 Å². The van der Waals surface area contributed by atoms with Crippen molar-refractivity contribution in [1.82, 2.24) is 29.2 Å². The molecule has 0 aliphatic carbocycles. The largest absolute Gasteiger partial charge is 0.435 e. The van der Waals surface area contributed by atoms with Gasteiger partial charge >= 0.3 is 12.9 Å². The fourth-order valence-corrected chi connectivity index (χ4v) is 7.71. The standard InChI is InChI=1S/C17H18N4.C15H19NO.C7H14N3O3P.Cl3OP/c1-2-4-14(5-3-1)15-6-10-20(11-7-15)16-8-12-21-13-9-18-17(21)19-16;1-2-6-15(17)16-11-9-14(10-12-16)13-7-4-3-5-8-13;1-3-12-14(11,13-4-2)10-7-8-5-6-9-7;1-5(2,3)4/h1-5,8-9,12-13,15H,6-7,10-11H2;2-8,14H,9-12H2,1H3;5-6H,3-4H2,1-2H3,(H2,8,9,10,11);/b;6-2+;;. The maximum absolute atomic E-state index is 11.9. The lowest BCUT2D eigenvalue weighted by molar-refractivity contribution is -0.127. The average molecular weight is 880 g/mol. The molecule has 3 aromatic heterocycles. The van der Waals surface area contributed by atoms with Crippen LogP contribution >= 0.6 is 46.7 Å². The summed E-state index contributed by atoms with van der Waals surface area (Å²) in [6, 6.07) is 23.5. The minimum absolute atomic E-state index is 0.152. The van der Waals surface area contributed by atoms with Crippen LogP contribution in [0.15, 0.2) is 110 Å². The molecule has 2 saturated heterocycles. The van der Waals surface area contributed by atoms with Crippen molar-refractivity contribution in [1.29, 1.82) is 0 Å². The van der Waals surface area contributed by atoms with Crippen molar-refractivity contribution in [2.75, 3.05) is 49.4 Å². The van der Waals surface area contributed by atoms with Gasteiger partial charge in [-0.15, -0.1) is 0 Å². The summed E-state index contributed by atoms with van der Waals surface area (Å²) in [6.45, 7) is 9.87. The first-order chi connectivity index (χ1) is 27.4. The van der Waals surface area contributed by atoms with E-state index in [1.807, 2.05) is 40.8 Å². The number of fused-ring (bicyclic) bond motifs is 1. The van der Waals surface area contributed by atoms with E-state index in [-0.39, 0.29) is 5.91 Å². The predicted octanol–water partition coefficient (Wildman–Crippen LogP) is 10.9. The molecular formula is C39H51Cl3N8O5P2. The second-order valence-corrected chi connectivity index (χ2v) is 21.3. The molecule has 2 fully saturated rings. The highest BCUT2D eigenvalue weighted by atomic mass is 36.0. The van der Waals surface area contributed by atoms with Crippen LogP contribution < -0.4 is 9.99 Å². The van der Waals surface area contributed by atoms with Gasteiger partial charge in [0.05, 0.1) is 13.2 Å². The van der Waals surface area contributed by atoms with E-state index >= 15 is 0 Å². The molecule has 7 rings (SSSR count). The van der Waals surface area contributed by atoms with Crippen LogP contribution in [-0.4, -0.2) is 74.5 Å². The Kier molecular flexibility index (Phi) is 19.1. The third-order valence-electron chi connectivity index (χ3n) is 9.06. The first kappa shape index (κ1) is 46.0. The van der Waals surface area contributed by atoms with E-state index in [0.29, 0.717) is 31.0 Å². The smallest absolute Gasteiger partial charge is 0.356 e. The quantitative estimate of drug-likeness (QED) is 0.103. The van der Waals surface area contributed by atoms with Crippen molar-refractivity contribution in [3.8, 4) is 0 Å². The van der Waals surface area contributed by atoms with Gasteiger partial charge in [0.15, 0.2) is 0 Å². The molecule has 0 atom stereocenters. The summed E-state index contributed by atoms with van der Waals surface area (Å²) in [6.07, 6.45) is 16.9. The molecule has 1 amide bonds. The lowest BCUT2D eigenvalue weighted by atomic mass is 9.89. The summed E-state index contributed by atoms with van der Waals surface area (Å²) in [4.78, 5) is 31.5. The van der Waals surface area contributed by atoms with Crippen LogP contribution in [0.4, 0.5) is 11.8 Å². The summed E-state index contributed by atoms with van der Waals surface area (Å²) in [5.41, 5.74) is 2.87. The Balaban J connectivity index is 0.000000182. The molecule has 0 radical (unpaired) electrons. The van der Waals surface area contributed by atoms with Gasteiger partial charge in [-0.05, 0) is 115 Å². The zero-order chi connectivity index (χ0) is 41.1. The average Bonchev–Trinajstić information content (AvgIpc) is 3.91. The van der Waals surface area contributed by atoms with Gasteiger partial charge in [-0.2, -0.15) is 4.98 Å². The van der Waals surface area contributed by atoms with Crippen LogP contribution in [0.2, 0.25) is 0 Å². The topological polar surface area (TPSA) is 147 Å². The Bertz CT molecular complexity index is 2000. The Labute approximate surface area is 349 Å². The molecular weight excluding hydrogens is 829 g/mol. The number of anilines is 2. The van der Waals surface area contributed by atoms with Crippen LogP contribution in [0, 0.1) is 0 Å². The van der Waals surface area contributed by atoms with Crippen molar-refractivity contribution in [3.05, 3.63) is 121 Å². The van der Waals surface area contributed by atoms with E-state index in [1.54, 1.807) is 38.5 Å². The lowest BCUT2D eigenvalue weighted by Crippen LogP contribution is -2.36. The Morgan fingerprint density at radius 3 is 1.86 bits per heavy atom. The zero-order valence-corrected chi connectivity index (χ0v) is 36.4. The third-order valence-corrected chi connectivity index (χ3v) is 10.7. The number of likely N-dealkylation sites (tertiary alicyclic amines) is 1. The van der Waals surface area contributed by atoms with Gasteiger partial charge in [-0.25, -0.2) is 14.5 Å². The normalized spacial score (nSPS) is 15.2. The molecule has 5 heterocycles. The highest BCUT2D eigenvalue weighted by Crippen LogP contribution is 2.61. The summed E-state index contributed by atoms with van der Waals surface area (Å²) in [7, 11) is -3.25. The lowest BCUT2D eigenvalue weighted by Gasteiger charge is -2.33. The Morgan fingerprint density at radius 2 is 1.37 bits per heavy atom. The molecule has 13 nitrogen and oxygen atoms in total. The van der Waals surface area contributed by atoms with E-state index in [9.17, 15) is 13.9 Å². The molecule has 2 aliphatic heterocycles. The van der Waals surface area contributed by atoms with Gasteiger partial charge in [-0.3, -0.25) is 27.9 Å². The van der Waals surface area contributed by atoms with Gasteiger partial charge < -0.3 is 14.8 Å². The number of rotatable bonds is 10. The molecule has 2 aliphatic rings. The summed E-state index contributed by atoms with van der Waals surface area (Å²) in [5, 5.41) is -0.641. The van der Waals surface area contributed by atoms with Crippen LogP contribution in [0.5, 0.6) is 0 Å². The number of imidazole rings is 2. The number of aromatic nitrogens is 5. The zero-order valence-electron chi connectivity index (χ0n) is 32.4. The summed E-state index contributed by atoms with van der Waals surface area (Å²) < 4.78 is 33.3. The SMILES string of the molecule is C/C=C/C(=O)N1CCC(c2ccccc2)CC1.CCOP(=O)(Nc1ncc[nH]1)OCC.O=P(Cl)(Cl)Cl.c1ccc(C2CCN(c3ccn4ccnc4n3)CC2)cc1.